The normalized spacial score (nSPS) is 11.0. The second-order valence-electron chi connectivity index (χ2n) is 4.90. The molecule has 0 saturated heterocycles. The summed E-state index contributed by atoms with van der Waals surface area (Å²) in [5.41, 5.74) is 2.40. The van der Waals surface area contributed by atoms with Crippen molar-refractivity contribution in [1.29, 1.82) is 0 Å². The molecule has 2 aromatic heterocycles. The molecule has 5 heteroatoms. The molecule has 0 saturated carbocycles. The van der Waals surface area contributed by atoms with Gasteiger partial charge in [0, 0.05) is 18.5 Å². The lowest BCUT2D eigenvalue weighted by molar-refractivity contribution is 0.185. The van der Waals surface area contributed by atoms with Crippen molar-refractivity contribution in [2.75, 3.05) is 12.4 Å². The van der Waals surface area contributed by atoms with Crippen molar-refractivity contribution in [3.63, 3.8) is 0 Å². The zero-order chi connectivity index (χ0) is 14.7. The van der Waals surface area contributed by atoms with Crippen LogP contribution >= 0.6 is 11.3 Å². The molecule has 1 N–H and O–H groups in total. The number of methoxy groups -OCH3 is 1. The summed E-state index contributed by atoms with van der Waals surface area (Å²) in [7, 11) is 1.71. The molecule has 0 radical (unpaired) electrons. The fraction of sp³-hybridized carbons (Fsp3) is 0.250. The van der Waals surface area contributed by atoms with Crippen molar-refractivity contribution in [2.45, 2.75) is 20.1 Å². The van der Waals surface area contributed by atoms with E-state index in [-0.39, 0.29) is 0 Å². The molecule has 4 nitrogen and oxygen atoms in total. The molecule has 2 heterocycles. The molecular weight excluding hydrogens is 282 g/mol. The van der Waals surface area contributed by atoms with Crippen molar-refractivity contribution < 1.29 is 4.74 Å². The number of aryl methyl sites for hydroxylation is 1. The summed E-state index contributed by atoms with van der Waals surface area (Å²) in [4.78, 5) is 10.9. The average molecular weight is 299 g/mol. The van der Waals surface area contributed by atoms with Crippen LogP contribution in [-0.4, -0.2) is 17.1 Å². The number of fused-ring (bicyclic) bond motifs is 1. The number of ether oxygens (including phenoxy) is 1. The Morgan fingerprint density at radius 3 is 2.67 bits per heavy atom. The molecular formula is C16H17N3OS. The van der Waals surface area contributed by atoms with Crippen LogP contribution in [0.4, 0.5) is 5.82 Å². The molecule has 0 atom stereocenters. The fourth-order valence-electron chi connectivity index (χ4n) is 2.22. The van der Waals surface area contributed by atoms with Gasteiger partial charge in [-0.1, -0.05) is 24.3 Å². The van der Waals surface area contributed by atoms with E-state index in [0.29, 0.717) is 6.61 Å². The van der Waals surface area contributed by atoms with E-state index in [4.69, 9.17) is 4.74 Å². The number of aromatic nitrogens is 2. The number of nitrogens with one attached hydrogen (secondary N) is 1. The van der Waals surface area contributed by atoms with Crippen LogP contribution in [0.15, 0.2) is 36.7 Å². The zero-order valence-electron chi connectivity index (χ0n) is 12.1. The van der Waals surface area contributed by atoms with Gasteiger partial charge in [0.2, 0.25) is 0 Å². The van der Waals surface area contributed by atoms with Gasteiger partial charge in [-0.15, -0.1) is 11.3 Å². The number of hydrogen-bond donors (Lipinski definition) is 1. The summed E-state index contributed by atoms with van der Waals surface area (Å²) in [5, 5.41) is 4.49. The highest BCUT2D eigenvalue weighted by molar-refractivity contribution is 7.18. The van der Waals surface area contributed by atoms with Crippen molar-refractivity contribution >= 4 is 27.4 Å². The van der Waals surface area contributed by atoms with Crippen molar-refractivity contribution in [3.05, 3.63) is 52.7 Å². The van der Waals surface area contributed by atoms with E-state index >= 15 is 0 Å². The van der Waals surface area contributed by atoms with Gasteiger partial charge in [-0.05, 0) is 24.1 Å². The Bertz CT molecular complexity index is 737. The van der Waals surface area contributed by atoms with E-state index in [1.807, 2.05) is 0 Å². The Labute approximate surface area is 127 Å². The number of thiophene rings is 1. The maximum atomic E-state index is 5.12. The molecule has 108 valence electrons. The predicted molar refractivity (Wildman–Crippen MR) is 86.6 cm³/mol. The van der Waals surface area contributed by atoms with E-state index in [0.717, 1.165) is 22.6 Å². The lowest BCUT2D eigenvalue weighted by Gasteiger charge is -2.07. The van der Waals surface area contributed by atoms with E-state index in [1.165, 1.54) is 16.0 Å². The number of anilines is 1. The zero-order valence-corrected chi connectivity index (χ0v) is 12.9. The van der Waals surface area contributed by atoms with Gasteiger partial charge in [0.05, 0.1) is 12.0 Å². The molecule has 1 aromatic carbocycles. The second kappa shape index (κ2) is 6.20. The molecule has 0 fully saturated rings. The van der Waals surface area contributed by atoms with Gasteiger partial charge in [0.1, 0.15) is 17.0 Å². The Morgan fingerprint density at radius 1 is 1.14 bits per heavy atom. The Hall–Kier alpha value is -1.98. The number of benzene rings is 1. The molecule has 0 unspecified atom stereocenters. The van der Waals surface area contributed by atoms with E-state index in [1.54, 1.807) is 24.8 Å². The van der Waals surface area contributed by atoms with Crippen LogP contribution in [0.25, 0.3) is 10.2 Å². The van der Waals surface area contributed by atoms with Crippen molar-refractivity contribution in [2.24, 2.45) is 0 Å². The topological polar surface area (TPSA) is 47.0 Å². The third-order valence-corrected chi connectivity index (χ3v) is 4.21. The van der Waals surface area contributed by atoms with E-state index in [9.17, 15) is 0 Å². The van der Waals surface area contributed by atoms with E-state index < -0.39 is 0 Å². The minimum absolute atomic E-state index is 0.647. The highest BCUT2D eigenvalue weighted by atomic mass is 32.1. The quantitative estimate of drug-likeness (QED) is 0.779. The minimum atomic E-state index is 0.647. The maximum absolute atomic E-state index is 5.12. The fourth-order valence-corrected chi connectivity index (χ4v) is 3.07. The molecule has 0 amide bonds. The SMILES string of the molecule is COCc1ccc(CNc2ncnc3sc(C)cc23)cc1. The van der Waals surface area contributed by atoms with E-state index in [2.05, 4.69) is 52.5 Å². The second-order valence-corrected chi connectivity index (χ2v) is 6.14. The summed E-state index contributed by atoms with van der Waals surface area (Å²) in [6.45, 7) is 3.48. The molecule has 0 bridgehead atoms. The van der Waals surface area contributed by atoms with Crippen LogP contribution in [0.2, 0.25) is 0 Å². The number of nitrogens with zero attached hydrogens (tertiary/aromatic N) is 2. The molecule has 0 aliphatic carbocycles. The Morgan fingerprint density at radius 2 is 1.90 bits per heavy atom. The smallest absolute Gasteiger partial charge is 0.138 e. The van der Waals surface area contributed by atoms with Crippen molar-refractivity contribution in [1.82, 2.24) is 9.97 Å². The highest BCUT2D eigenvalue weighted by Crippen LogP contribution is 2.27. The largest absolute Gasteiger partial charge is 0.380 e. The monoisotopic (exact) mass is 299 g/mol. The molecule has 3 rings (SSSR count). The minimum Gasteiger partial charge on any atom is -0.380 e. The summed E-state index contributed by atoms with van der Waals surface area (Å²) >= 11 is 1.69. The first kappa shape index (κ1) is 14.0. The molecule has 3 aromatic rings. The van der Waals surface area contributed by atoms with Gasteiger partial charge >= 0.3 is 0 Å². The van der Waals surface area contributed by atoms with Gasteiger partial charge in [-0.25, -0.2) is 9.97 Å². The number of hydrogen-bond acceptors (Lipinski definition) is 5. The van der Waals surface area contributed by atoms with Gasteiger partial charge in [0.15, 0.2) is 0 Å². The summed E-state index contributed by atoms with van der Waals surface area (Å²) in [5.74, 6) is 0.894. The first-order chi connectivity index (χ1) is 10.3. The van der Waals surface area contributed by atoms with Crippen molar-refractivity contribution in [3.8, 4) is 0 Å². The third-order valence-electron chi connectivity index (χ3n) is 3.25. The van der Waals surface area contributed by atoms with Crippen LogP contribution in [0.3, 0.4) is 0 Å². The van der Waals surface area contributed by atoms with Gasteiger partial charge < -0.3 is 10.1 Å². The highest BCUT2D eigenvalue weighted by Gasteiger charge is 2.06. The molecule has 0 spiro atoms. The summed E-state index contributed by atoms with van der Waals surface area (Å²) in [6, 6.07) is 10.5. The summed E-state index contributed by atoms with van der Waals surface area (Å²) < 4.78 is 5.12. The van der Waals surface area contributed by atoms with Crippen LogP contribution in [0.5, 0.6) is 0 Å². The lowest BCUT2D eigenvalue weighted by Crippen LogP contribution is -2.02. The molecule has 21 heavy (non-hydrogen) atoms. The Kier molecular flexibility index (Phi) is 4.13. The summed E-state index contributed by atoms with van der Waals surface area (Å²) in [6.07, 6.45) is 1.61. The van der Waals surface area contributed by atoms with Crippen LogP contribution in [-0.2, 0) is 17.9 Å². The molecule has 0 aliphatic heterocycles. The van der Waals surface area contributed by atoms with Gasteiger partial charge in [0.25, 0.3) is 0 Å². The van der Waals surface area contributed by atoms with Crippen LogP contribution < -0.4 is 5.32 Å². The molecule has 0 aliphatic rings. The van der Waals surface area contributed by atoms with Gasteiger partial charge in [-0.2, -0.15) is 0 Å². The predicted octanol–water partition coefficient (Wildman–Crippen LogP) is 3.76. The lowest BCUT2D eigenvalue weighted by atomic mass is 10.1. The van der Waals surface area contributed by atoms with Gasteiger partial charge in [-0.3, -0.25) is 0 Å². The van der Waals surface area contributed by atoms with Crippen LogP contribution in [0.1, 0.15) is 16.0 Å². The third kappa shape index (κ3) is 3.20. The van der Waals surface area contributed by atoms with Crippen LogP contribution in [0, 0.1) is 6.92 Å². The Balaban J connectivity index is 1.74. The standard InChI is InChI=1S/C16H17N3OS/c1-11-7-14-15(18-10-19-16(14)21-11)17-8-12-3-5-13(6-4-12)9-20-2/h3-7,10H,8-9H2,1-2H3,(H,17,18,19). The first-order valence-corrected chi connectivity index (χ1v) is 7.59. The maximum Gasteiger partial charge on any atom is 0.138 e. The average Bonchev–Trinajstić information content (AvgIpc) is 2.87. The number of rotatable bonds is 5. The first-order valence-electron chi connectivity index (χ1n) is 6.78.